The lowest BCUT2D eigenvalue weighted by molar-refractivity contribution is -0.137. The molecule has 0 aromatic heterocycles. The lowest BCUT2D eigenvalue weighted by Crippen LogP contribution is -2.43. The van der Waals surface area contributed by atoms with Gasteiger partial charge in [-0.2, -0.15) is 0 Å². The molecule has 0 atom stereocenters. The third kappa shape index (κ3) is 3.62. The number of hydrogen-bond acceptors (Lipinski definition) is 4. The van der Waals surface area contributed by atoms with E-state index in [0.29, 0.717) is 31.7 Å². The van der Waals surface area contributed by atoms with Gasteiger partial charge in [0.25, 0.3) is 5.79 Å². The second-order valence-corrected chi connectivity index (χ2v) is 8.23. The maximum Gasteiger partial charge on any atom is 0.251 e. The quantitative estimate of drug-likeness (QED) is 0.881. The summed E-state index contributed by atoms with van der Waals surface area (Å²) in [6, 6.07) is 5.60. The minimum Gasteiger partial charge on any atom is -0.448 e. The number of likely N-dealkylation sites (tertiary alicyclic amines) is 1. The molecular formula is C21H28N2O4. The van der Waals surface area contributed by atoms with E-state index in [9.17, 15) is 9.59 Å². The van der Waals surface area contributed by atoms with Crippen molar-refractivity contribution in [1.82, 2.24) is 4.90 Å². The summed E-state index contributed by atoms with van der Waals surface area (Å²) in [6.45, 7) is 5.13. The second kappa shape index (κ2) is 7.06. The van der Waals surface area contributed by atoms with Gasteiger partial charge in [-0.25, -0.2) is 0 Å². The zero-order valence-corrected chi connectivity index (χ0v) is 16.1. The van der Waals surface area contributed by atoms with Gasteiger partial charge in [0.2, 0.25) is 11.8 Å². The number of hydrogen-bond donors (Lipinski definition) is 1. The van der Waals surface area contributed by atoms with Crippen LogP contribution in [0.4, 0.5) is 5.69 Å². The number of carbonyl (C=O) groups excluding carboxylic acids is 2. The van der Waals surface area contributed by atoms with Gasteiger partial charge in [-0.05, 0) is 37.8 Å². The van der Waals surface area contributed by atoms with Crippen molar-refractivity contribution in [3.63, 3.8) is 0 Å². The van der Waals surface area contributed by atoms with E-state index in [-0.39, 0.29) is 23.7 Å². The number of amides is 2. The Labute approximate surface area is 160 Å². The van der Waals surface area contributed by atoms with Gasteiger partial charge in [-0.3, -0.25) is 9.59 Å². The first-order valence-corrected chi connectivity index (χ1v) is 10.1. The summed E-state index contributed by atoms with van der Waals surface area (Å²) in [4.78, 5) is 26.6. The molecule has 146 valence electrons. The van der Waals surface area contributed by atoms with Crippen molar-refractivity contribution >= 4 is 17.5 Å². The van der Waals surface area contributed by atoms with E-state index in [1.54, 1.807) is 0 Å². The molecule has 0 radical (unpaired) electrons. The summed E-state index contributed by atoms with van der Waals surface area (Å²) in [5.74, 6) is 1.12. The molecule has 2 amide bonds. The zero-order chi connectivity index (χ0) is 19.0. The van der Waals surface area contributed by atoms with Gasteiger partial charge in [-0.1, -0.05) is 13.8 Å². The van der Waals surface area contributed by atoms with Crippen LogP contribution in [-0.4, -0.2) is 35.6 Å². The van der Waals surface area contributed by atoms with Crippen molar-refractivity contribution in [2.24, 2.45) is 11.8 Å². The lowest BCUT2D eigenvalue weighted by atomic mass is 9.95. The van der Waals surface area contributed by atoms with Crippen LogP contribution < -0.4 is 14.8 Å². The number of anilines is 1. The summed E-state index contributed by atoms with van der Waals surface area (Å²) in [7, 11) is 0. The highest BCUT2D eigenvalue weighted by Crippen LogP contribution is 2.47. The monoisotopic (exact) mass is 372 g/mol. The smallest absolute Gasteiger partial charge is 0.251 e. The van der Waals surface area contributed by atoms with E-state index >= 15 is 0 Å². The molecular weight excluding hydrogens is 344 g/mol. The normalized spacial score (nSPS) is 21.1. The number of nitrogens with one attached hydrogen (secondary N) is 1. The van der Waals surface area contributed by atoms with E-state index in [2.05, 4.69) is 5.32 Å². The van der Waals surface area contributed by atoms with Crippen LogP contribution in [-0.2, 0) is 9.59 Å². The van der Waals surface area contributed by atoms with E-state index in [1.165, 1.54) is 0 Å². The van der Waals surface area contributed by atoms with Crippen LogP contribution in [0.5, 0.6) is 11.5 Å². The largest absolute Gasteiger partial charge is 0.448 e. The maximum absolute atomic E-state index is 12.6. The van der Waals surface area contributed by atoms with Crippen LogP contribution in [0.2, 0.25) is 0 Å². The van der Waals surface area contributed by atoms with Crippen molar-refractivity contribution in [2.75, 3.05) is 18.4 Å². The van der Waals surface area contributed by atoms with Crippen molar-refractivity contribution in [2.45, 2.75) is 58.2 Å². The Morgan fingerprint density at radius 3 is 2.44 bits per heavy atom. The second-order valence-electron chi connectivity index (χ2n) is 8.23. The SMILES string of the molecule is CC(C)C(=O)N1CCC(C(=O)Nc2ccc3c(c2)OC2(CCCC2)O3)CC1. The molecule has 0 bridgehead atoms. The number of fused-ring (bicyclic) bond motifs is 1. The lowest BCUT2D eigenvalue weighted by Gasteiger charge is -2.32. The summed E-state index contributed by atoms with van der Waals surface area (Å²) >= 11 is 0. The van der Waals surface area contributed by atoms with Crippen LogP contribution in [0.15, 0.2) is 18.2 Å². The van der Waals surface area contributed by atoms with E-state index in [4.69, 9.17) is 9.47 Å². The number of rotatable bonds is 3. The zero-order valence-electron chi connectivity index (χ0n) is 16.1. The molecule has 2 heterocycles. The Balaban J connectivity index is 1.34. The van der Waals surface area contributed by atoms with Crippen LogP contribution >= 0.6 is 0 Å². The van der Waals surface area contributed by atoms with Crippen LogP contribution in [0.25, 0.3) is 0 Å². The minimum absolute atomic E-state index is 0.00664. The van der Waals surface area contributed by atoms with E-state index in [0.717, 1.165) is 37.1 Å². The fraction of sp³-hybridized carbons (Fsp3) is 0.619. The molecule has 6 heteroatoms. The molecule has 2 fully saturated rings. The Hall–Kier alpha value is -2.24. The summed E-state index contributed by atoms with van der Waals surface area (Å²) in [5, 5.41) is 3.01. The Morgan fingerprint density at radius 1 is 1.11 bits per heavy atom. The molecule has 1 aliphatic carbocycles. The molecule has 1 saturated heterocycles. The maximum atomic E-state index is 12.6. The van der Waals surface area contributed by atoms with Gasteiger partial charge in [0.1, 0.15) is 0 Å². The number of carbonyl (C=O) groups is 2. The first-order valence-electron chi connectivity index (χ1n) is 10.1. The molecule has 27 heavy (non-hydrogen) atoms. The Kier molecular flexibility index (Phi) is 4.74. The highest BCUT2D eigenvalue weighted by atomic mass is 16.7. The summed E-state index contributed by atoms with van der Waals surface area (Å²) < 4.78 is 12.1. The predicted molar refractivity (Wildman–Crippen MR) is 102 cm³/mol. The molecule has 2 aliphatic heterocycles. The number of nitrogens with zero attached hydrogens (tertiary/aromatic N) is 1. The predicted octanol–water partition coefficient (Wildman–Crippen LogP) is 3.56. The number of ether oxygens (including phenoxy) is 2. The van der Waals surface area contributed by atoms with Crippen molar-refractivity contribution in [3.05, 3.63) is 18.2 Å². The topological polar surface area (TPSA) is 67.9 Å². The van der Waals surface area contributed by atoms with Crippen molar-refractivity contribution in [3.8, 4) is 11.5 Å². The number of piperidine rings is 1. The fourth-order valence-corrected chi connectivity index (χ4v) is 4.26. The van der Waals surface area contributed by atoms with Gasteiger partial charge >= 0.3 is 0 Å². The standard InChI is InChI=1S/C21H28N2O4/c1-14(2)20(25)23-11-7-15(8-12-23)19(24)22-16-5-6-17-18(13-16)27-21(26-17)9-3-4-10-21/h5-6,13-15H,3-4,7-12H2,1-2H3,(H,22,24). The average Bonchev–Trinajstić information content (AvgIpc) is 3.26. The molecule has 1 N–H and O–H groups in total. The average molecular weight is 372 g/mol. The molecule has 6 nitrogen and oxygen atoms in total. The Morgan fingerprint density at radius 2 is 1.78 bits per heavy atom. The van der Waals surface area contributed by atoms with E-state index in [1.807, 2.05) is 36.9 Å². The highest BCUT2D eigenvalue weighted by Gasteiger charge is 2.44. The Bertz CT molecular complexity index is 732. The minimum atomic E-state index is -0.485. The fourth-order valence-electron chi connectivity index (χ4n) is 4.26. The third-order valence-electron chi connectivity index (χ3n) is 5.84. The molecule has 1 spiro atoms. The van der Waals surface area contributed by atoms with Crippen LogP contribution in [0.3, 0.4) is 0 Å². The van der Waals surface area contributed by atoms with E-state index < -0.39 is 5.79 Å². The van der Waals surface area contributed by atoms with Gasteiger partial charge < -0.3 is 19.7 Å². The summed E-state index contributed by atoms with van der Waals surface area (Å²) in [5.41, 5.74) is 0.734. The van der Waals surface area contributed by atoms with Crippen molar-refractivity contribution < 1.29 is 19.1 Å². The van der Waals surface area contributed by atoms with Crippen molar-refractivity contribution in [1.29, 1.82) is 0 Å². The van der Waals surface area contributed by atoms with Gasteiger partial charge in [-0.15, -0.1) is 0 Å². The molecule has 1 aromatic carbocycles. The van der Waals surface area contributed by atoms with Gasteiger partial charge in [0.15, 0.2) is 11.5 Å². The molecule has 1 aromatic rings. The molecule has 4 rings (SSSR count). The van der Waals surface area contributed by atoms with Gasteiger partial charge in [0.05, 0.1) is 0 Å². The number of benzene rings is 1. The summed E-state index contributed by atoms with van der Waals surface area (Å²) in [6.07, 6.45) is 5.48. The molecule has 1 saturated carbocycles. The third-order valence-corrected chi connectivity index (χ3v) is 5.84. The first kappa shape index (κ1) is 18.1. The molecule has 0 unspecified atom stereocenters. The van der Waals surface area contributed by atoms with Crippen LogP contribution in [0, 0.1) is 11.8 Å². The van der Waals surface area contributed by atoms with Crippen LogP contribution in [0.1, 0.15) is 52.4 Å². The molecule has 3 aliphatic rings. The first-order chi connectivity index (χ1) is 13.0. The highest BCUT2D eigenvalue weighted by molar-refractivity contribution is 5.93. The van der Waals surface area contributed by atoms with Gasteiger partial charge in [0, 0.05) is 49.5 Å².